The number of benzene rings is 1. The van der Waals surface area contributed by atoms with E-state index in [1.54, 1.807) is 23.3 Å². The molecule has 5 nitrogen and oxygen atoms in total. The number of likely N-dealkylation sites (N-methyl/N-ethyl adjacent to an activating group) is 1. The first kappa shape index (κ1) is 15.4. The average molecular weight is 326 g/mol. The Bertz CT molecular complexity index is 844. The Kier molecular flexibility index (Phi) is 4.25. The van der Waals surface area contributed by atoms with Crippen LogP contribution in [-0.2, 0) is 4.79 Å². The number of anilines is 2. The molecule has 0 saturated carbocycles. The lowest BCUT2D eigenvalue weighted by Crippen LogP contribution is -2.32. The minimum absolute atomic E-state index is 0.0208. The average Bonchev–Trinajstić information content (AvgIpc) is 2.88. The van der Waals surface area contributed by atoms with Gasteiger partial charge in [-0.3, -0.25) is 4.79 Å². The largest absolute Gasteiger partial charge is 0.360 e. The van der Waals surface area contributed by atoms with E-state index in [0.29, 0.717) is 5.82 Å². The minimum Gasteiger partial charge on any atom is -0.360 e. The van der Waals surface area contributed by atoms with Crippen LogP contribution >= 0.6 is 11.3 Å². The number of amides is 1. The van der Waals surface area contributed by atoms with Gasteiger partial charge in [0.1, 0.15) is 17.0 Å². The summed E-state index contributed by atoms with van der Waals surface area (Å²) in [5.74, 6) is 0.694. The molecule has 0 spiro atoms. The smallest absolute Gasteiger partial charge is 0.246 e. The van der Waals surface area contributed by atoms with Crippen LogP contribution in [0, 0.1) is 13.8 Å². The van der Waals surface area contributed by atoms with Gasteiger partial charge in [0, 0.05) is 17.6 Å². The third-order valence-corrected chi connectivity index (χ3v) is 5.01. The second-order valence-electron chi connectivity index (χ2n) is 5.33. The molecule has 0 aliphatic heterocycles. The van der Waals surface area contributed by atoms with Crippen molar-refractivity contribution < 1.29 is 4.79 Å². The van der Waals surface area contributed by atoms with E-state index in [1.807, 2.05) is 30.3 Å². The zero-order valence-corrected chi connectivity index (χ0v) is 14.1. The maximum atomic E-state index is 12.4. The molecule has 0 atom stereocenters. The minimum atomic E-state index is -0.0208. The molecular weight excluding hydrogens is 308 g/mol. The summed E-state index contributed by atoms with van der Waals surface area (Å²) < 4.78 is 0. The van der Waals surface area contributed by atoms with Crippen LogP contribution in [0.5, 0.6) is 0 Å². The van der Waals surface area contributed by atoms with E-state index in [0.717, 1.165) is 21.5 Å². The lowest BCUT2D eigenvalue weighted by Gasteiger charge is -2.17. The maximum Gasteiger partial charge on any atom is 0.246 e. The van der Waals surface area contributed by atoms with Crippen LogP contribution in [0.2, 0.25) is 0 Å². The summed E-state index contributed by atoms with van der Waals surface area (Å²) in [4.78, 5) is 24.8. The molecule has 0 fully saturated rings. The van der Waals surface area contributed by atoms with Crippen molar-refractivity contribution in [1.29, 1.82) is 0 Å². The quantitative estimate of drug-likeness (QED) is 0.798. The molecule has 0 aliphatic rings. The SMILES string of the molecule is Cc1sc2ncnc(NCC(=O)N(C)c3ccccc3)c2c1C. The van der Waals surface area contributed by atoms with Gasteiger partial charge in [-0.15, -0.1) is 11.3 Å². The Morgan fingerprint density at radius 1 is 1.22 bits per heavy atom. The zero-order valence-electron chi connectivity index (χ0n) is 13.3. The van der Waals surface area contributed by atoms with E-state index in [2.05, 4.69) is 29.1 Å². The molecule has 2 heterocycles. The molecule has 0 unspecified atom stereocenters. The molecule has 23 heavy (non-hydrogen) atoms. The van der Waals surface area contributed by atoms with E-state index in [-0.39, 0.29) is 12.5 Å². The van der Waals surface area contributed by atoms with Crippen LogP contribution in [0.1, 0.15) is 10.4 Å². The molecule has 3 aromatic rings. The lowest BCUT2D eigenvalue weighted by molar-refractivity contribution is -0.116. The highest BCUT2D eigenvalue weighted by atomic mass is 32.1. The van der Waals surface area contributed by atoms with Crippen molar-refractivity contribution in [3.05, 3.63) is 47.1 Å². The number of nitrogens with zero attached hydrogens (tertiary/aromatic N) is 3. The molecule has 0 aliphatic carbocycles. The fourth-order valence-electron chi connectivity index (χ4n) is 2.39. The van der Waals surface area contributed by atoms with Crippen molar-refractivity contribution in [3.8, 4) is 0 Å². The number of nitrogens with one attached hydrogen (secondary N) is 1. The molecule has 3 rings (SSSR count). The third-order valence-electron chi connectivity index (χ3n) is 3.89. The van der Waals surface area contributed by atoms with Gasteiger partial charge in [-0.2, -0.15) is 0 Å². The predicted molar refractivity (Wildman–Crippen MR) is 95.2 cm³/mol. The van der Waals surface area contributed by atoms with Gasteiger partial charge in [0.2, 0.25) is 5.91 Å². The van der Waals surface area contributed by atoms with E-state index in [4.69, 9.17) is 0 Å². The summed E-state index contributed by atoms with van der Waals surface area (Å²) in [7, 11) is 1.77. The van der Waals surface area contributed by atoms with Gasteiger partial charge in [0.15, 0.2) is 0 Å². The number of rotatable bonds is 4. The Hall–Kier alpha value is -2.47. The molecule has 0 bridgehead atoms. The van der Waals surface area contributed by atoms with E-state index in [1.165, 1.54) is 11.2 Å². The first-order valence-corrected chi connectivity index (χ1v) is 8.15. The lowest BCUT2D eigenvalue weighted by atomic mass is 10.2. The van der Waals surface area contributed by atoms with Crippen LogP contribution in [0.25, 0.3) is 10.2 Å². The molecular formula is C17H18N4OS. The summed E-state index contributed by atoms with van der Waals surface area (Å²) in [6.45, 7) is 4.31. The third kappa shape index (κ3) is 3.03. The maximum absolute atomic E-state index is 12.4. The van der Waals surface area contributed by atoms with Crippen molar-refractivity contribution in [3.63, 3.8) is 0 Å². The Morgan fingerprint density at radius 2 is 1.96 bits per heavy atom. The summed E-state index contributed by atoms with van der Waals surface area (Å²) in [6.07, 6.45) is 1.53. The zero-order chi connectivity index (χ0) is 16.4. The molecule has 1 aromatic carbocycles. The molecule has 1 N–H and O–H groups in total. The second-order valence-corrected chi connectivity index (χ2v) is 6.53. The molecule has 118 valence electrons. The number of para-hydroxylation sites is 1. The predicted octanol–water partition coefficient (Wildman–Crippen LogP) is 3.38. The molecule has 2 aromatic heterocycles. The molecule has 1 amide bonds. The number of aromatic nitrogens is 2. The normalized spacial score (nSPS) is 10.7. The second kappa shape index (κ2) is 6.34. The van der Waals surface area contributed by atoms with Gasteiger partial charge in [0.05, 0.1) is 11.9 Å². The molecule has 0 saturated heterocycles. The van der Waals surface area contributed by atoms with Crippen LogP contribution in [0.4, 0.5) is 11.5 Å². The number of fused-ring (bicyclic) bond motifs is 1. The topological polar surface area (TPSA) is 58.1 Å². The van der Waals surface area contributed by atoms with Gasteiger partial charge in [0.25, 0.3) is 0 Å². The van der Waals surface area contributed by atoms with Crippen molar-refractivity contribution in [1.82, 2.24) is 9.97 Å². The number of hydrogen-bond donors (Lipinski definition) is 1. The van der Waals surface area contributed by atoms with E-state index >= 15 is 0 Å². The first-order valence-electron chi connectivity index (χ1n) is 7.34. The summed E-state index contributed by atoms with van der Waals surface area (Å²) >= 11 is 1.64. The number of carbonyl (C=O) groups is 1. The highest BCUT2D eigenvalue weighted by Crippen LogP contribution is 2.32. The van der Waals surface area contributed by atoms with Gasteiger partial charge in [-0.1, -0.05) is 18.2 Å². The first-order chi connectivity index (χ1) is 11.1. The number of thiophene rings is 1. The van der Waals surface area contributed by atoms with Crippen LogP contribution < -0.4 is 10.2 Å². The molecule has 0 radical (unpaired) electrons. The van der Waals surface area contributed by atoms with Crippen molar-refractivity contribution in [2.24, 2.45) is 0 Å². The van der Waals surface area contributed by atoms with Gasteiger partial charge in [-0.25, -0.2) is 9.97 Å². The number of carbonyl (C=O) groups excluding carboxylic acids is 1. The summed E-state index contributed by atoms with van der Waals surface area (Å²) in [6, 6.07) is 9.58. The highest BCUT2D eigenvalue weighted by Gasteiger charge is 2.14. The van der Waals surface area contributed by atoms with Crippen LogP contribution in [-0.4, -0.2) is 29.5 Å². The fourth-order valence-corrected chi connectivity index (χ4v) is 3.39. The van der Waals surface area contributed by atoms with E-state index < -0.39 is 0 Å². The van der Waals surface area contributed by atoms with Crippen molar-refractivity contribution >= 4 is 39.0 Å². The van der Waals surface area contributed by atoms with Gasteiger partial charge < -0.3 is 10.2 Å². The number of hydrogen-bond acceptors (Lipinski definition) is 5. The molecule has 6 heteroatoms. The van der Waals surface area contributed by atoms with Crippen LogP contribution in [0.3, 0.4) is 0 Å². The highest BCUT2D eigenvalue weighted by molar-refractivity contribution is 7.18. The number of aryl methyl sites for hydroxylation is 2. The van der Waals surface area contributed by atoms with Gasteiger partial charge in [-0.05, 0) is 31.5 Å². The Morgan fingerprint density at radius 3 is 2.70 bits per heavy atom. The van der Waals surface area contributed by atoms with Crippen molar-refractivity contribution in [2.75, 3.05) is 23.8 Å². The summed E-state index contributed by atoms with van der Waals surface area (Å²) in [5, 5.41) is 4.16. The van der Waals surface area contributed by atoms with E-state index in [9.17, 15) is 4.79 Å². The summed E-state index contributed by atoms with van der Waals surface area (Å²) in [5.41, 5.74) is 2.03. The van der Waals surface area contributed by atoms with Crippen LogP contribution in [0.15, 0.2) is 36.7 Å². The van der Waals surface area contributed by atoms with Crippen molar-refractivity contribution in [2.45, 2.75) is 13.8 Å². The Balaban J connectivity index is 1.77. The standard InChI is InChI=1S/C17H18N4OS/c1-11-12(2)23-17-15(11)16(19-10-20-17)18-9-14(22)21(3)13-7-5-4-6-8-13/h4-8,10H,9H2,1-3H3,(H,18,19,20). The fraction of sp³-hybridized carbons (Fsp3) is 0.235. The van der Waals surface area contributed by atoms with Gasteiger partial charge >= 0.3 is 0 Å². The Labute approximate surface area is 139 Å². The monoisotopic (exact) mass is 326 g/mol.